The minimum Gasteiger partial charge on any atom is -0.493 e. The molecule has 0 spiro atoms. The fourth-order valence-electron chi connectivity index (χ4n) is 3.55. The molecular formula is C24H29NO5. The molecule has 160 valence electrons. The molecule has 0 aliphatic carbocycles. The second kappa shape index (κ2) is 10.3. The maximum Gasteiger partial charge on any atom is 0.333 e. The lowest BCUT2D eigenvalue weighted by molar-refractivity contribution is -0.149. The molecule has 0 bridgehead atoms. The molecule has 1 N–H and O–H groups in total. The zero-order valence-electron chi connectivity index (χ0n) is 17.8. The van der Waals surface area contributed by atoms with Crippen molar-refractivity contribution < 1.29 is 23.8 Å². The molecule has 1 unspecified atom stereocenters. The van der Waals surface area contributed by atoms with Crippen molar-refractivity contribution in [2.45, 2.75) is 52.6 Å². The van der Waals surface area contributed by atoms with Crippen molar-refractivity contribution in [1.82, 2.24) is 4.98 Å². The number of benzene rings is 2. The molecule has 3 rings (SSSR count). The van der Waals surface area contributed by atoms with Gasteiger partial charge in [-0.2, -0.15) is 0 Å². The summed E-state index contributed by atoms with van der Waals surface area (Å²) >= 11 is 0. The number of carbonyl (C=O) groups is 1. The van der Waals surface area contributed by atoms with E-state index in [1.165, 1.54) is 0 Å². The van der Waals surface area contributed by atoms with Gasteiger partial charge in [0.25, 0.3) is 0 Å². The summed E-state index contributed by atoms with van der Waals surface area (Å²) in [6.07, 6.45) is 1.89. The summed E-state index contributed by atoms with van der Waals surface area (Å²) in [5, 5.41) is 11.4. The summed E-state index contributed by atoms with van der Waals surface area (Å²) in [5.74, 6) is 1.50. The van der Waals surface area contributed by atoms with Gasteiger partial charge < -0.3 is 19.0 Å². The smallest absolute Gasteiger partial charge is 0.333 e. The zero-order valence-corrected chi connectivity index (χ0v) is 17.8. The van der Waals surface area contributed by atoms with Crippen LogP contribution in [0.3, 0.4) is 0 Å². The maximum atomic E-state index is 11.5. The van der Waals surface area contributed by atoms with Crippen molar-refractivity contribution in [1.29, 1.82) is 0 Å². The van der Waals surface area contributed by atoms with Crippen LogP contribution < -0.4 is 4.74 Å². The van der Waals surface area contributed by atoms with Gasteiger partial charge in [0, 0.05) is 24.8 Å². The van der Waals surface area contributed by atoms with Gasteiger partial charge in [0.2, 0.25) is 0 Å². The first-order valence-corrected chi connectivity index (χ1v) is 10.5. The number of aliphatic carboxylic acids is 1. The predicted molar refractivity (Wildman–Crippen MR) is 115 cm³/mol. The molecule has 0 radical (unpaired) electrons. The number of nitrogens with zero attached hydrogens (tertiary/aromatic N) is 1. The molecule has 6 heteroatoms. The Morgan fingerprint density at radius 2 is 1.93 bits per heavy atom. The van der Waals surface area contributed by atoms with E-state index in [4.69, 9.17) is 13.9 Å². The Kier molecular flexibility index (Phi) is 7.46. The number of fused-ring (bicyclic) bond motifs is 1. The fraction of sp³-hybridized carbons (Fsp3) is 0.417. The van der Waals surface area contributed by atoms with Gasteiger partial charge in [-0.05, 0) is 43.7 Å². The predicted octanol–water partition coefficient (Wildman–Crippen LogP) is 4.74. The first-order chi connectivity index (χ1) is 14.5. The highest BCUT2D eigenvalue weighted by molar-refractivity contribution is 5.91. The number of hydrogen-bond acceptors (Lipinski definition) is 5. The number of hydrogen-bond donors (Lipinski definition) is 1. The van der Waals surface area contributed by atoms with Gasteiger partial charge in [0.1, 0.15) is 11.5 Å². The molecule has 1 atom stereocenters. The summed E-state index contributed by atoms with van der Waals surface area (Å²) in [4.78, 5) is 16.0. The van der Waals surface area contributed by atoms with Crippen molar-refractivity contribution >= 4 is 16.7 Å². The third-order valence-corrected chi connectivity index (χ3v) is 5.08. The molecule has 30 heavy (non-hydrogen) atoms. The average molecular weight is 411 g/mol. The SMILES string of the molecule is CCOC(Cc1ccc(OCCCc2nc(CC)oc2C)c2ccccc12)C(=O)O. The first kappa shape index (κ1) is 21.8. The van der Waals surface area contributed by atoms with E-state index in [1.54, 1.807) is 6.92 Å². The Morgan fingerprint density at radius 3 is 2.60 bits per heavy atom. The Labute approximate surface area is 176 Å². The first-order valence-electron chi connectivity index (χ1n) is 10.5. The van der Waals surface area contributed by atoms with E-state index in [0.717, 1.165) is 58.7 Å². The van der Waals surface area contributed by atoms with Crippen molar-refractivity contribution in [3.63, 3.8) is 0 Å². The van der Waals surface area contributed by atoms with E-state index in [0.29, 0.717) is 19.6 Å². The Morgan fingerprint density at radius 1 is 1.17 bits per heavy atom. The summed E-state index contributed by atoms with van der Waals surface area (Å²) in [6.45, 7) is 6.70. The molecule has 1 aromatic heterocycles. The number of rotatable bonds is 11. The number of carboxylic acids is 1. The standard InChI is InChI=1S/C24H29NO5/c1-4-23-25-20(16(3)30-23)11-8-14-29-21-13-12-17(15-22(24(26)27)28-5-2)18-9-6-7-10-19(18)21/h6-7,9-10,12-13,22H,4-5,8,11,14-15H2,1-3H3,(H,26,27). The van der Waals surface area contributed by atoms with E-state index in [-0.39, 0.29) is 0 Å². The molecular weight excluding hydrogens is 382 g/mol. The number of aromatic nitrogens is 1. The minimum atomic E-state index is -0.948. The largest absolute Gasteiger partial charge is 0.493 e. The Hall–Kier alpha value is -2.86. The van der Waals surface area contributed by atoms with E-state index in [9.17, 15) is 9.90 Å². The van der Waals surface area contributed by atoms with Crippen molar-refractivity contribution in [2.75, 3.05) is 13.2 Å². The van der Waals surface area contributed by atoms with Gasteiger partial charge >= 0.3 is 5.97 Å². The molecule has 2 aromatic carbocycles. The molecule has 6 nitrogen and oxygen atoms in total. The number of ether oxygens (including phenoxy) is 2. The van der Waals surface area contributed by atoms with Crippen LogP contribution in [0.2, 0.25) is 0 Å². The third-order valence-electron chi connectivity index (χ3n) is 5.08. The highest BCUT2D eigenvalue weighted by atomic mass is 16.5. The molecule has 0 aliphatic heterocycles. The molecule has 0 saturated carbocycles. The maximum absolute atomic E-state index is 11.5. The van der Waals surface area contributed by atoms with Crippen molar-refractivity contribution in [3.05, 3.63) is 59.3 Å². The Bertz CT molecular complexity index is 994. The summed E-state index contributed by atoms with van der Waals surface area (Å²) in [5.41, 5.74) is 1.93. The van der Waals surface area contributed by atoms with Gasteiger partial charge in [0.05, 0.1) is 12.3 Å². The van der Waals surface area contributed by atoms with E-state index in [1.807, 2.05) is 50.2 Å². The topological polar surface area (TPSA) is 81.8 Å². The normalized spacial score (nSPS) is 12.2. The fourth-order valence-corrected chi connectivity index (χ4v) is 3.55. The van der Waals surface area contributed by atoms with Gasteiger partial charge in [-0.1, -0.05) is 37.3 Å². The third kappa shape index (κ3) is 5.19. The molecule has 3 aromatic rings. The second-order valence-electron chi connectivity index (χ2n) is 7.17. The quantitative estimate of drug-likeness (QED) is 0.459. The minimum absolute atomic E-state index is 0.315. The lowest BCUT2D eigenvalue weighted by Gasteiger charge is -2.16. The van der Waals surface area contributed by atoms with Gasteiger partial charge in [-0.3, -0.25) is 0 Å². The van der Waals surface area contributed by atoms with Crippen LogP contribution in [0, 0.1) is 6.92 Å². The van der Waals surface area contributed by atoms with Crippen LogP contribution in [-0.4, -0.2) is 35.4 Å². The van der Waals surface area contributed by atoms with E-state index < -0.39 is 12.1 Å². The molecule has 0 amide bonds. The molecule has 0 aliphatic rings. The molecule has 0 saturated heterocycles. The van der Waals surface area contributed by atoms with Crippen molar-refractivity contribution in [2.24, 2.45) is 0 Å². The second-order valence-corrected chi connectivity index (χ2v) is 7.17. The van der Waals surface area contributed by atoms with Crippen LogP contribution in [0.1, 0.15) is 43.2 Å². The molecule has 0 fully saturated rings. The van der Waals surface area contributed by atoms with Gasteiger partial charge in [-0.15, -0.1) is 0 Å². The Balaban J connectivity index is 1.69. The van der Waals surface area contributed by atoms with Gasteiger partial charge in [0.15, 0.2) is 12.0 Å². The summed E-state index contributed by atoms with van der Waals surface area (Å²) in [7, 11) is 0. The van der Waals surface area contributed by atoms with Crippen LogP contribution >= 0.6 is 0 Å². The number of aryl methyl sites for hydroxylation is 3. The summed E-state index contributed by atoms with van der Waals surface area (Å²) < 4.78 is 17.1. The lowest BCUT2D eigenvalue weighted by atomic mass is 9.99. The lowest BCUT2D eigenvalue weighted by Crippen LogP contribution is -2.26. The van der Waals surface area contributed by atoms with Gasteiger partial charge in [-0.25, -0.2) is 9.78 Å². The van der Waals surface area contributed by atoms with Crippen LogP contribution in [0.4, 0.5) is 0 Å². The van der Waals surface area contributed by atoms with Crippen LogP contribution in [-0.2, 0) is 28.8 Å². The van der Waals surface area contributed by atoms with E-state index in [2.05, 4.69) is 4.98 Å². The zero-order chi connectivity index (χ0) is 21.5. The summed E-state index contributed by atoms with van der Waals surface area (Å²) in [6, 6.07) is 11.8. The van der Waals surface area contributed by atoms with Crippen LogP contribution in [0.5, 0.6) is 5.75 Å². The molecule has 1 heterocycles. The monoisotopic (exact) mass is 411 g/mol. The highest BCUT2D eigenvalue weighted by Crippen LogP contribution is 2.30. The van der Waals surface area contributed by atoms with Crippen LogP contribution in [0.25, 0.3) is 10.8 Å². The highest BCUT2D eigenvalue weighted by Gasteiger charge is 2.20. The van der Waals surface area contributed by atoms with Crippen molar-refractivity contribution in [3.8, 4) is 5.75 Å². The van der Waals surface area contributed by atoms with E-state index >= 15 is 0 Å². The van der Waals surface area contributed by atoms with Crippen LogP contribution in [0.15, 0.2) is 40.8 Å². The number of carboxylic acid groups (broad SMARTS) is 1. The average Bonchev–Trinajstić information content (AvgIpc) is 3.11. The number of oxazole rings is 1.